The van der Waals surface area contributed by atoms with Crippen LogP contribution in [0.25, 0.3) is 0 Å². The Balaban J connectivity index is 2.84. The molecule has 0 atom stereocenters. The van der Waals surface area contributed by atoms with Crippen LogP contribution in [0, 0.1) is 0 Å². The lowest BCUT2D eigenvalue weighted by Crippen LogP contribution is -2.37. The number of ether oxygens (including phenoxy) is 1. The van der Waals surface area contributed by atoms with Crippen LogP contribution in [0.1, 0.15) is 20.8 Å². The number of carbonyl (C=O) groups excluding carboxylic acids is 1. The van der Waals surface area contributed by atoms with Gasteiger partial charge in [-0.3, -0.25) is 4.79 Å². The van der Waals surface area contributed by atoms with Gasteiger partial charge in [0.1, 0.15) is 5.75 Å². The fraction of sp³-hybridized carbons (Fsp3) is 0.385. The number of carboxylic acid groups (broad SMARTS) is 1. The third-order valence-electron chi connectivity index (χ3n) is 2.58. The van der Waals surface area contributed by atoms with Crippen LogP contribution < -0.4 is 9.64 Å². The number of hydrogen-bond acceptors (Lipinski definition) is 3. The molecule has 1 aromatic rings. The summed E-state index contributed by atoms with van der Waals surface area (Å²) in [5.41, 5.74) is -0.559. The number of carboxylic acids is 1. The highest BCUT2D eigenvalue weighted by Gasteiger charge is 2.29. The van der Waals surface area contributed by atoms with E-state index in [9.17, 15) is 9.59 Å². The molecule has 98 valence electrons. The standard InChI is InChI=1S/C13H17NO4/c1-9(15)14(4)10-5-7-11(8-6-10)18-13(2,3)12(16)17/h5-8H,1-4H3,(H,16,17). The monoisotopic (exact) mass is 251 g/mol. The first-order valence-corrected chi connectivity index (χ1v) is 5.51. The predicted octanol–water partition coefficient (Wildman–Crippen LogP) is 1.91. The minimum Gasteiger partial charge on any atom is -0.478 e. The zero-order valence-corrected chi connectivity index (χ0v) is 10.9. The van der Waals surface area contributed by atoms with E-state index in [1.807, 2.05) is 0 Å². The quantitative estimate of drug-likeness (QED) is 0.887. The van der Waals surface area contributed by atoms with Gasteiger partial charge < -0.3 is 14.7 Å². The fourth-order valence-corrected chi connectivity index (χ4v) is 1.26. The second kappa shape index (κ2) is 5.08. The van der Waals surface area contributed by atoms with Gasteiger partial charge in [-0.05, 0) is 38.1 Å². The minimum absolute atomic E-state index is 0.0745. The third kappa shape index (κ3) is 3.23. The first-order chi connectivity index (χ1) is 8.24. The van der Waals surface area contributed by atoms with Crippen LogP contribution >= 0.6 is 0 Å². The first kappa shape index (κ1) is 14.0. The van der Waals surface area contributed by atoms with E-state index in [-0.39, 0.29) is 5.91 Å². The van der Waals surface area contributed by atoms with Gasteiger partial charge in [0.2, 0.25) is 5.91 Å². The van der Waals surface area contributed by atoms with Gasteiger partial charge in [0, 0.05) is 19.7 Å². The van der Waals surface area contributed by atoms with Crippen LogP contribution in [-0.4, -0.2) is 29.6 Å². The van der Waals surface area contributed by atoms with Crippen molar-refractivity contribution >= 4 is 17.6 Å². The number of anilines is 1. The molecule has 0 aromatic heterocycles. The van der Waals surface area contributed by atoms with Crippen molar-refractivity contribution in [2.24, 2.45) is 0 Å². The molecule has 1 N–H and O–H groups in total. The van der Waals surface area contributed by atoms with E-state index >= 15 is 0 Å². The van der Waals surface area contributed by atoms with Gasteiger partial charge in [-0.25, -0.2) is 4.79 Å². The molecule has 0 radical (unpaired) electrons. The molecule has 0 saturated carbocycles. The number of nitrogens with zero attached hydrogens (tertiary/aromatic N) is 1. The summed E-state index contributed by atoms with van der Waals surface area (Å²) in [6.45, 7) is 4.42. The van der Waals surface area contributed by atoms with Gasteiger partial charge in [-0.2, -0.15) is 0 Å². The van der Waals surface area contributed by atoms with Crippen LogP contribution in [-0.2, 0) is 9.59 Å². The van der Waals surface area contributed by atoms with E-state index in [0.717, 1.165) is 5.69 Å². The summed E-state index contributed by atoms with van der Waals surface area (Å²) in [4.78, 5) is 23.6. The van der Waals surface area contributed by atoms with Gasteiger partial charge in [0.05, 0.1) is 0 Å². The van der Waals surface area contributed by atoms with Crippen LogP contribution in [0.5, 0.6) is 5.75 Å². The molecular formula is C13H17NO4. The molecule has 5 heteroatoms. The highest BCUT2D eigenvalue weighted by Crippen LogP contribution is 2.22. The van der Waals surface area contributed by atoms with Crippen molar-refractivity contribution in [1.82, 2.24) is 0 Å². The van der Waals surface area contributed by atoms with Gasteiger partial charge in [-0.15, -0.1) is 0 Å². The zero-order valence-electron chi connectivity index (χ0n) is 10.9. The maximum atomic E-state index is 11.2. The van der Waals surface area contributed by atoms with Crippen molar-refractivity contribution in [1.29, 1.82) is 0 Å². The lowest BCUT2D eigenvalue weighted by atomic mass is 10.1. The number of aliphatic carboxylic acids is 1. The largest absolute Gasteiger partial charge is 0.478 e. The van der Waals surface area contributed by atoms with Crippen molar-refractivity contribution < 1.29 is 19.4 Å². The summed E-state index contributed by atoms with van der Waals surface area (Å²) in [7, 11) is 1.67. The Morgan fingerprint density at radius 2 is 1.72 bits per heavy atom. The van der Waals surface area contributed by atoms with E-state index in [1.165, 1.54) is 25.7 Å². The molecule has 5 nitrogen and oxygen atoms in total. The smallest absolute Gasteiger partial charge is 0.347 e. The molecule has 0 spiro atoms. The van der Waals surface area contributed by atoms with Crippen molar-refractivity contribution in [2.45, 2.75) is 26.4 Å². The Hall–Kier alpha value is -2.04. The second-order valence-electron chi connectivity index (χ2n) is 4.49. The van der Waals surface area contributed by atoms with E-state index in [0.29, 0.717) is 5.75 Å². The number of rotatable bonds is 4. The molecule has 0 aliphatic carbocycles. The van der Waals surface area contributed by atoms with Gasteiger partial charge >= 0.3 is 5.97 Å². The van der Waals surface area contributed by atoms with E-state index in [2.05, 4.69) is 0 Å². The Kier molecular flexibility index (Phi) is 3.96. The Morgan fingerprint density at radius 3 is 2.11 bits per heavy atom. The summed E-state index contributed by atoms with van der Waals surface area (Å²) >= 11 is 0. The molecule has 18 heavy (non-hydrogen) atoms. The molecule has 0 aliphatic rings. The van der Waals surface area contributed by atoms with Crippen LogP contribution in [0.15, 0.2) is 24.3 Å². The molecule has 0 bridgehead atoms. The van der Waals surface area contributed by atoms with Gasteiger partial charge in [-0.1, -0.05) is 0 Å². The SMILES string of the molecule is CC(=O)N(C)c1ccc(OC(C)(C)C(=O)O)cc1. The van der Waals surface area contributed by atoms with E-state index < -0.39 is 11.6 Å². The van der Waals surface area contributed by atoms with Crippen molar-refractivity contribution in [3.63, 3.8) is 0 Å². The molecule has 1 rings (SSSR count). The maximum absolute atomic E-state index is 11.2. The lowest BCUT2D eigenvalue weighted by molar-refractivity contribution is -0.152. The van der Waals surface area contributed by atoms with Crippen molar-refractivity contribution in [3.05, 3.63) is 24.3 Å². The molecule has 1 amide bonds. The van der Waals surface area contributed by atoms with E-state index in [4.69, 9.17) is 9.84 Å². The molecule has 1 aromatic carbocycles. The zero-order chi connectivity index (χ0) is 13.9. The van der Waals surface area contributed by atoms with Gasteiger partial charge in [0.25, 0.3) is 0 Å². The highest BCUT2D eigenvalue weighted by molar-refractivity contribution is 5.90. The van der Waals surface area contributed by atoms with Crippen molar-refractivity contribution in [2.75, 3.05) is 11.9 Å². The third-order valence-corrected chi connectivity index (χ3v) is 2.58. The number of benzene rings is 1. The molecule has 0 saturated heterocycles. The Morgan fingerprint density at radius 1 is 1.22 bits per heavy atom. The topological polar surface area (TPSA) is 66.8 Å². The average molecular weight is 251 g/mol. The number of amides is 1. The van der Waals surface area contributed by atoms with E-state index in [1.54, 1.807) is 31.3 Å². The Labute approximate surface area is 106 Å². The second-order valence-corrected chi connectivity index (χ2v) is 4.49. The summed E-state index contributed by atoms with van der Waals surface area (Å²) in [6.07, 6.45) is 0. The molecule has 0 fully saturated rings. The molecular weight excluding hydrogens is 234 g/mol. The molecule has 0 aliphatic heterocycles. The van der Waals surface area contributed by atoms with Gasteiger partial charge in [0.15, 0.2) is 5.60 Å². The highest BCUT2D eigenvalue weighted by atomic mass is 16.5. The number of hydrogen-bond donors (Lipinski definition) is 1. The van der Waals surface area contributed by atoms with Crippen LogP contribution in [0.4, 0.5) is 5.69 Å². The summed E-state index contributed by atoms with van der Waals surface area (Å²) in [5.74, 6) is -0.662. The molecule has 0 heterocycles. The normalized spacial score (nSPS) is 10.9. The fourth-order valence-electron chi connectivity index (χ4n) is 1.26. The first-order valence-electron chi connectivity index (χ1n) is 5.51. The minimum atomic E-state index is -1.28. The predicted molar refractivity (Wildman–Crippen MR) is 67.9 cm³/mol. The van der Waals surface area contributed by atoms with Crippen LogP contribution in [0.3, 0.4) is 0 Å². The summed E-state index contributed by atoms with van der Waals surface area (Å²) in [5, 5.41) is 8.94. The average Bonchev–Trinajstić information content (AvgIpc) is 2.28. The van der Waals surface area contributed by atoms with Crippen LogP contribution in [0.2, 0.25) is 0 Å². The Bertz CT molecular complexity index is 451. The molecule has 0 unspecified atom stereocenters. The lowest BCUT2D eigenvalue weighted by Gasteiger charge is -2.22. The van der Waals surface area contributed by atoms with Crippen molar-refractivity contribution in [3.8, 4) is 5.75 Å². The number of carbonyl (C=O) groups is 2. The summed E-state index contributed by atoms with van der Waals surface area (Å²) < 4.78 is 5.36. The maximum Gasteiger partial charge on any atom is 0.347 e. The summed E-state index contributed by atoms with van der Waals surface area (Å²) in [6, 6.07) is 6.68.